The quantitative estimate of drug-likeness (QED) is 0.901. The van der Waals surface area contributed by atoms with E-state index in [0.717, 1.165) is 0 Å². The van der Waals surface area contributed by atoms with Gasteiger partial charge in [-0.15, -0.1) is 0 Å². The lowest BCUT2D eigenvalue weighted by molar-refractivity contribution is -0.127. The Labute approximate surface area is 119 Å². The number of halogens is 2. The van der Waals surface area contributed by atoms with Gasteiger partial charge in [0.25, 0.3) is 5.91 Å². The lowest BCUT2D eigenvalue weighted by Crippen LogP contribution is -2.56. The standard InChI is InChI=1S/C13H14BrFN2O2/c1-2-11-12(18)16-5-6-17(11)13(19)8-3-4-10(15)9(14)7-8/h3-4,7,11H,2,5-6H2,1H3,(H,16,18). The van der Waals surface area contributed by atoms with Gasteiger partial charge in [-0.2, -0.15) is 0 Å². The minimum atomic E-state index is -0.454. The summed E-state index contributed by atoms with van der Waals surface area (Å²) in [5.41, 5.74) is 0.376. The van der Waals surface area contributed by atoms with E-state index in [-0.39, 0.29) is 16.3 Å². The van der Waals surface area contributed by atoms with Crippen LogP contribution in [0.1, 0.15) is 23.7 Å². The van der Waals surface area contributed by atoms with Crippen LogP contribution in [0.5, 0.6) is 0 Å². The Kier molecular flexibility index (Phi) is 4.19. The molecule has 1 aromatic rings. The number of nitrogens with zero attached hydrogens (tertiary/aromatic N) is 1. The van der Waals surface area contributed by atoms with Crippen molar-refractivity contribution in [2.45, 2.75) is 19.4 Å². The van der Waals surface area contributed by atoms with Gasteiger partial charge in [0.05, 0.1) is 4.47 Å². The maximum absolute atomic E-state index is 13.2. The van der Waals surface area contributed by atoms with Crippen molar-refractivity contribution in [1.82, 2.24) is 10.2 Å². The Bertz CT molecular complexity index is 521. The number of hydrogen-bond acceptors (Lipinski definition) is 2. The zero-order valence-corrected chi connectivity index (χ0v) is 12.0. The highest BCUT2D eigenvalue weighted by molar-refractivity contribution is 9.10. The fourth-order valence-corrected chi connectivity index (χ4v) is 2.54. The molecule has 1 aliphatic heterocycles. The first-order valence-electron chi connectivity index (χ1n) is 6.08. The van der Waals surface area contributed by atoms with Gasteiger partial charge in [0.15, 0.2) is 0 Å². The van der Waals surface area contributed by atoms with E-state index in [4.69, 9.17) is 0 Å². The molecule has 1 aromatic carbocycles. The normalized spacial score (nSPS) is 19.2. The van der Waals surface area contributed by atoms with Crippen molar-refractivity contribution in [2.24, 2.45) is 0 Å². The van der Waals surface area contributed by atoms with E-state index in [9.17, 15) is 14.0 Å². The van der Waals surface area contributed by atoms with Crippen LogP contribution in [0.2, 0.25) is 0 Å². The molecule has 1 heterocycles. The van der Waals surface area contributed by atoms with Gasteiger partial charge in [0, 0.05) is 18.7 Å². The zero-order valence-electron chi connectivity index (χ0n) is 10.5. The van der Waals surface area contributed by atoms with Crippen molar-refractivity contribution in [1.29, 1.82) is 0 Å². The van der Waals surface area contributed by atoms with E-state index in [1.54, 1.807) is 4.90 Å². The topological polar surface area (TPSA) is 49.4 Å². The molecule has 4 nitrogen and oxygen atoms in total. The fraction of sp³-hybridized carbons (Fsp3) is 0.385. The van der Waals surface area contributed by atoms with Crippen molar-refractivity contribution in [3.63, 3.8) is 0 Å². The van der Waals surface area contributed by atoms with Gasteiger partial charge in [-0.05, 0) is 40.5 Å². The molecular formula is C13H14BrFN2O2. The van der Waals surface area contributed by atoms with Crippen molar-refractivity contribution in [2.75, 3.05) is 13.1 Å². The highest BCUT2D eigenvalue weighted by atomic mass is 79.9. The SMILES string of the molecule is CCC1C(=O)NCCN1C(=O)c1ccc(F)c(Br)c1. The molecule has 0 saturated carbocycles. The molecule has 0 radical (unpaired) electrons. The summed E-state index contributed by atoms with van der Waals surface area (Å²) in [6, 6.07) is 3.66. The third-order valence-electron chi connectivity index (χ3n) is 3.14. The van der Waals surface area contributed by atoms with Gasteiger partial charge in [-0.3, -0.25) is 9.59 Å². The molecule has 0 spiro atoms. The Morgan fingerprint density at radius 3 is 2.95 bits per heavy atom. The highest BCUT2D eigenvalue weighted by Gasteiger charge is 2.32. The first-order chi connectivity index (χ1) is 9.04. The largest absolute Gasteiger partial charge is 0.353 e. The van der Waals surface area contributed by atoms with Crippen LogP contribution < -0.4 is 5.32 Å². The smallest absolute Gasteiger partial charge is 0.254 e. The van der Waals surface area contributed by atoms with E-state index in [0.29, 0.717) is 25.1 Å². The van der Waals surface area contributed by atoms with Crippen molar-refractivity contribution >= 4 is 27.7 Å². The molecule has 0 aliphatic carbocycles. The molecule has 2 rings (SSSR count). The van der Waals surface area contributed by atoms with E-state index in [1.807, 2.05) is 6.92 Å². The number of nitrogens with one attached hydrogen (secondary N) is 1. The first kappa shape index (κ1) is 14.0. The molecular weight excluding hydrogens is 315 g/mol. The highest BCUT2D eigenvalue weighted by Crippen LogP contribution is 2.20. The van der Waals surface area contributed by atoms with Crippen LogP contribution in [0.25, 0.3) is 0 Å². The summed E-state index contributed by atoms with van der Waals surface area (Å²) < 4.78 is 13.4. The summed E-state index contributed by atoms with van der Waals surface area (Å²) in [7, 11) is 0. The Hall–Kier alpha value is -1.43. The number of piperazine rings is 1. The Balaban J connectivity index is 2.26. The van der Waals surface area contributed by atoms with E-state index in [2.05, 4.69) is 21.2 Å². The first-order valence-corrected chi connectivity index (χ1v) is 6.87. The number of benzene rings is 1. The van der Waals surface area contributed by atoms with Crippen LogP contribution in [-0.2, 0) is 4.79 Å². The van der Waals surface area contributed by atoms with Crippen LogP contribution in [0.3, 0.4) is 0 Å². The molecule has 1 fully saturated rings. The number of carbonyl (C=O) groups is 2. The monoisotopic (exact) mass is 328 g/mol. The average molecular weight is 329 g/mol. The predicted molar refractivity (Wildman–Crippen MR) is 72.2 cm³/mol. The summed E-state index contributed by atoms with van der Waals surface area (Å²) in [4.78, 5) is 25.6. The summed E-state index contributed by atoms with van der Waals surface area (Å²) in [6.45, 7) is 2.78. The molecule has 19 heavy (non-hydrogen) atoms. The van der Waals surface area contributed by atoms with Crippen LogP contribution in [0.15, 0.2) is 22.7 Å². The summed E-state index contributed by atoms with van der Waals surface area (Å²) in [5.74, 6) is -0.800. The third-order valence-corrected chi connectivity index (χ3v) is 3.75. The molecule has 0 aromatic heterocycles. The van der Waals surface area contributed by atoms with Crippen LogP contribution >= 0.6 is 15.9 Å². The van der Waals surface area contributed by atoms with Crippen LogP contribution in [0, 0.1) is 5.82 Å². The van der Waals surface area contributed by atoms with Gasteiger partial charge in [-0.25, -0.2) is 4.39 Å². The molecule has 1 saturated heterocycles. The molecule has 0 bridgehead atoms. The second-order valence-electron chi connectivity index (χ2n) is 4.34. The number of amides is 2. The summed E-state index contributed by atoms with van der Waals surface area (Å²) in [6.07, 6.45) is 0.555. The van der Waals surface area contributed by atoms with Gasteiger partial charge in [-0.1, -0.05) is 6.92 Å². The Morgan fingerprint density at radius 2 is 2.32 bits per heavy atom. The van der Waals surface area contributed by atoms with E-state index < -0.39 is 11.9 Å². The molecule has 6 heteroatoms. The Morgan fingerprint density at radius 1 is 1.58 bits per heavy atom. The minimum Gasteiger partial charge on any atom is -0.353 e. The summed E-state index contributed by atoms with van der Waals surface area (Å²) in [5, 5.41) is 2.74. The predicted octanol–water partition coefficient (Wildman–Crippen LogP) is 1.94. The van der Waals surface area contributed by atoms with Gasteiger partial charge in [0.1, 0.15) is 11.9 Å². The second kappa shape index (κ2) is 5.69. The second-order valence-corrected chi connectivity index (χ2v) is 5.20. The summed E-state index contributed by atoms with van der Waals surface area (Å²) >= 11 is 3.06. The lowest BCUT2D eigenvalue weighted by atomic mass is 10.1. The minimum absolute atomic E-state index is 0.136. The number of carbonyl (C=O) groups excluding carboxylic acids is 2. The van der Waals surface area contributed by atoms with E-state index >= 15 is 0 Å². The fourth-order valence-electron chi connectivity index (χ4n) is 2.16. The average Bonchev–Trinajstić information content (AvgIpc) is 2.40. The van der Waals surface area contributed by atoms with Gasteiger partial charge in [0.2, 0.25) is 5.91 Å². The number of rotatable bonds is 2. The molecule has 1 N–H and O–H groups in total. The van der Waals surface area contributed by atoms with Crippen molar-refractivity contribution in [3.8, 4) is 0 Å². The van der Waals surface area contributed by atoms with Gasteiger partial charge < -0.3 is 10.2 Å². The van der Waals surface area contributed by atoms with Crippen LogP contribution in [-0.4, -0.2) is 35.8 Å². The van der Waals surface area contributed by atoms with Crippen LogP contribution in [0.4, 0.5) is 4.39 Å². The van der Waals surface area contributed by atoms with Crippen molar-refractivity contribution in [3.05, 3.63) is 34.1 Å². The molecule has 2 amide bonds. The lowest BCUT2D eigenvalue weighted by Gasteiger charge is -2.34. The third kappa shape index (κ3) is 2.78. The zero-order chi connectivity index (χ0) is 14.0. The van der Waals surface area contributed by atoms with E-state index in [1.165, 1.54) is 18.2 Å². The van der Waals surface area contributed by atoms with Gasteiger partial charge >= 0.3 is 0 Å². The maximum atomic E-state index is 13.2. The van der Waals surface area contributed by atoms with Crippen molar-refractivity contribution < 1.29 is 14.0 Å². The molecule has 1 aliphatic rings. The molecule has 1 atom stereocenters. The molecule has 1 unspecified atom stereocenters. The maximum Gasteiger partial charge on any atom is 0.254 e. The molecule has 102 valence electrons. The number of hydrogen-bond donors (Lipinski definition) is 1.